The first-order valence-corrected chi connectivity index (χ1v) is 8.35. The molecule has 0 radical (unpaired) electrons. The van der Waals surface area contributed by atoms with E-state index in [0.29, 0.717) is 37.5 Å². The number of carbonyl (C=O) groups is 1. The van der Waals surface area contributed by atoms with Crippen molar-refractivity contribution < 1.29 is 13.9 Å². The third kappa shape index (κ3) is 2.59. The number of aromatic nitrogens is 1. The van der Waals surface area contributed by atoms with Gasteiger partial charge in [-0.15, -0.1) is 0 Å². The minimum absolute atomic E-state index is 0.102. The van der Waals surface area contributed by atoms with Gasteiger partial charge in [-0.1, -0.05) is 0 Å². The van der Waals surface area contributed by atoms with E-state index in [0.717, 1.165) is 12.8 Å². The van der Waals surface area contributed by atoms with E-state index in [1.807, 2.05) is 9.47 Å². The molecule has 1 aliphatic carbocycles. The van der Waals surface area contributed by atoms with Crippen molar-refractivity contribution >= 4 is 33.4 Å². The highest BCUT2D eigenvalue weighted by molar-refractivity contribution is 6.67. The lowest BCUT2D eigenvalue weighted by atomic mass is 10.1. The summed E-state index contributed by atoms with van der Waals surface area (Å²) in [5.74, 6) is -0.469. The average molecular weight is 351 g/mol. The second kappa shape index (κ2) is 5.86. The van der Waals surface area contributed by atoms with Gasteiger partial charge in [-0.25, -0.2) is 4.39 Å². The predicted molar refractivity (Wildman–Crippen MR) is 89.7 cm³/mol. The largest absolute Gasteiger partial charge is 0.378 e. The van der Waals surface area contributed by atoms with Gasteiger partial charge in [0.2, 0.25) is 5.43 Å². The first-order chi connectivity index (χ1) is 11.6. The summed E-state index contributed by atoms with van der Waals surface area (Å²) in [5.41, 5.74) is 0.487. The number of morpholine rings is 1. The number of ether oxygens (including phenoxy) is 1. The number of carbonyl (C=O) groups excluding carboxylic acids is 1. The number of pyridine rings is 1. The maximum atomic E-state index is 14.6. The summed E-state index contributed by atoms with van der Waals surface area (Å²) < 4.78 is 21.8. The molecule has 126 valence electrons. The van der Waals surface area contributed by atoms with Crippen LogP contribution >= 0.6 is 11.6 Å². The molecule has 0 unspecified atom stereocenters. The van der Waals surface area contributed by atoms with Crippen LogP contribution in [-0.2, 0) is 4.74 Å². The van der Waals surface area contributed by atoms with Gasteiger partial charge in [-0.2, -0.15) is 0 Å². The van der Waals surface area contributed by atoms with E-state index in [1.54, 1.807) is 6.07 Å². The topological polar surface area (TPSA) is 51.5 Å². The summed E-state index contributed by atoms with van der Waals surface area (Å²) in [6.07, 6.45) is 3.45. The Labute approximate surface area is 142 Å². The number of nitrogens with zero attached hydrogens (tertiary/aromatic N) is 2. The van der Waals surface area contributed by atoms with Gasteiger partial charge in [0, 0.05) is 30.7 Å². The molecule has 0 atom stereocenters. The Morgan fingerprint density at radius 2 is 1.96 bits per heavy atom. The molecule has 0 N–H and O–H groups in total. The number of fused-ring (bicyclic) bond motifs is 1. The lowest BCUT2D eigenvalue weighted by Crippen LogP contribution is -2.36. The summed E-state index contributed by atoms with van der Waals surface area (Å²) in [6.45, 7) is 2.31. The molecule has 2 aliphatic rings. The van der Waals surface area contributed by atoms with E-state index in [9.17, 15) is 14.0 Å². The van der Waals surface area contributed by atoms with Crippen LogP contribution in [0.3, 0.4) is 0 Å². The Morgan fingerprint density at radius 1 is 1.25 bits per heavy atom. The van der Waals surface area contributed by atoms with Gasteiger partial charge in [0.1, 0.15) is 5.82 Å². The molecular weight excluding hydrogens is 335 g/mol. The number of rotatable bonds is 3. The fourth-order valence-corrected chi connectivity index (χ4v) is 3.33. The SMILES string of the molecule is O=C(Cl)c1cn(C2CC2)c2cc(N3CCOCC3)c(F)cc2c1=O. The molecule has 1 saturated carbocycles. The Balaban J connectivity index is 1.95. The Kier molecular flexibility index (Phi) is 3.81. The summed E-state index contributed by atoms with van der Waals surface area (Å²) in [7, 11) is 0. The fraction of sp³-hybridized carbons (Fsp3) is 0.412. The van der Waals surface area contributed by atoms with E-state index in [-0.39, 0.29) is 17.0 Å². The molecule has 0 amide bonds. The first kappa shape index (κ1) is 15.6. The molecule has 1 aromatic heterocycles. The van der Waals surface area contributed by atoms with Crippen molar-refractivity contribution in [2.45, 2.75) is 18.9 Å². The van der Waals surface area contributed by atoms with E-state index in [2.05, 4.69) is 0 Å². The van der Waals surface area contributed by atoms with Gasteiger partial charge >= 0.3 is 0 Å². The fourth-order valence-electron chi connectivity index (χ4n) is 3.20. The zero-order valence-corrected chi connectivity index (χ0v) is 13.7. The predicted octanol–water partition coefficient (Wildman–Crippen LogP) is 2.69. The van der Waals surface area contributed by atoms with Crippen molar-refractivity contribution in [2.75, 3.05) is 31.2 Å². The van der Waals surface area contributed by atoms with Gasteiger partial charge in [0.15, 0.2) is 0 Å². The minimum atomic E-state index is -0.811. The lowest BCUT2D eigenvalue weighted by Gasteiger charge is -2.29. The van der Waals surface area contributed by atoms with Crippen LogP contribution in [0.1, 0.15) is 29.2 Å². The van der Waals surface area contributed by atoms with Gasteiger partial charge in [-0.3, -0.25) is 9.59 Å². The normalized spacial score (nSPS) is 18.2. The van der Waals surface area contributed by atoms with Crippen molar-refractivity contribution in [1.29, 1.82) is 0 Å². The average Bonchev–Trinajstić information content (AvgIpc) is 3.40. The van der Waals surface area contributed by atoms with Crippen LogP contribution < -0.4 is 10.3 Å². The van der Waals surface area contributed by atoms with Crippen molar-refractivity contribution in [2.24, 2.45) is 0 Å². The molecule has 2 fully saturated rings. The van der Waals surface area contributed by atoms with Crippen molar-refractivity contribution in [1.82, 2.24) is 4.57 Å². The van der Waals surface area contributed by atoms with E-state index in [4.69, 9.17) is 16.3 Å². The quantitative estimate of drug-likeness (QED) is 0.799. The maximum Gasteiger partial charge on any atom is 0.257 e. The van der Waals surface area contributed by atoms with Crippen LogP contribution in [-0.4, -0.2) is 36.1 Å². The van der Waals surface area contributed by atoms with Crippen LogP contribution in [0.25, 0.3) is 10.9 Å². The molecule has 2 aromatic rings. The highest BCUT2D eigenvalue weighted by Crippen LogP contribution is 2.38. The number of hydrogen-bond acceptors (Lipinski definition) is 4. The molecule has 1 aliphatic heterocycles. The van der Waals surface area contributed by atoms with Crippen LogP contribution in [0.2, 0.25) is 0 Å². The summed E-state index contributed by atoms with van der Waals surface area (Å²) in [5, 5.41) is -0.614. The molecule has 5 nitrogen and oxygen atoms in total. The smallest absolute Gasteiger partial charge is 0.257 e. The second-order valence-corrected chi connectivity index (χ2v) is 6.55. The van der Waals surface area contributed by atoms with Crippen molar-refractivity contribution in [3.05, 3.63) is 39.9 Å². The number of hydrogen-bond donors (Lipinski definition) is 0. The van der Waals surface area contributed by atoms with Gasteiger partial charge in [0.05, 0.1) is 30.0 Å². The van der Waals surface area contributed by atoms with Gasteiger partial charge in [-0.05, 0) is 36.6 Å². The van der Waals surface area contributed by atoms with E-state index >= 15 is 0 Å². The molecule has 0 bridgehead atoms. The summed E-state index contributed by atoms with van der Waals surface area (Å²) >= 11 is 5.53. The van der Waals surface area contributed by atoms with E-state index < -0.39 is 16.5 Å². The van der Waals surface area contributed by atoms with Crippen molar-refractivity contribution in [3.63, 3.8) is 0 Å². The maximum absolute atomic E-state index is 14.6. The van der Waals surface area contributed by atoms with Crippen LogP contribution in [0.5, 0.6) is 0 Å². The third-order valence-electron chi connectivity index (χ3n) is 4.60. The van der Waals surface area contributed by atoms with Gasteiger partial charge in [0.25, 0.3) is 5.24 Å². The van der Waals surface area contributed by atoms with Gasteiger partial charge < -0.3 is 14.2 Å². The summed E-state index contributed by atoms with van der Waals surface area (Å²) in [6, 6.07) is 3.16. The first-order valence-electron chi connectivity index (χ1n) is 7.97. The molecule has 24 heavy (non-hydrogen) atoms. The highest BCUT2D eigenvalue weighted by Gasteiger charge is 2.27. The Bertz CT molecular complexity index is 886. The number of benzene rings is 1. The number of halogens is 2. The molecule has 2 heterocycles. The molecule has 7 heteroatoms. The lowest BCUT2D eigenvalue weighted by molar-refractivity contribution is 0.108. The zero-order chi connectivity index (χ0) is 16.8. The molecular formula is C17H16ClFN2O3. The Morgan fingerprint density at radius 3 is 2.58 bits per heavy atom. The van der Waals surface area contributed by atoms with Crippen molar-refractivity contribution in [3.8, 4) is 0 Å². The molecule has 1 saturated heterocycles. The third-order valence-corrected chi connectivity index (χ3v) is 4.81. The minimum Gasteiger partial charge on any atom is -0.378 e. The van der Waals surface area contributed by atoms with Crippen LogP contribution in [0, 0.1) is 5.82 Å². The van der Waals surface area contributed by atoms with E-state index in [1.165, 1.54) is 12.3 Å². The number of anilines is 1. The monoisotopic (exact) mass is 350 g/mol. The molecule has 4 rings (SSSR count). The highest BCUT2D eigenvalue weighted by atomic mass is 35.5. The zero-order valence-electron chi connectivity index (χ0n) is 12.9. The summed E-state index contributed by atoms with van der Waals surface area (Å²) in [4.78, 5) is 25.9. The molecule has 0 spiro atoms. The van der Waals surface area contributed by atoms with Crippen LogP contribution in [0.15, 0.2) is 23.1 Å². The standard InChI is InChI=1S/C17H16ClFN2O3/c18-17(23)12-9-21(10-1-2-10)14-8-15(20-3-5-24-6-4-20)13(19)7-11(14)16(12)22/h7-10H,1-6H2. The second-order valence-electron chi connectivity index (χ2n) is 6.20. The molecule has 1 aromatic carbocycles. The van der Waals surface area contributed by atoms with Crippen LogP contribution in [0.4, 0.5) is 10.1 Å². The Hall–Kier alpha value is -1.92.